The van der Waals surface area contributed by atoms with Gasteiger partial charge in [0.1, 0.15) is 12.4 Å². The summed E-state index contributed by atoms with van der Waals surface area (Å²) in [5, 5.41) is 2.96. The van der Waals surface area contributed by atoms with Gasteiger partial charge in [0, 0.05) is 18.7 Å². The van der Waals surface area contributed by atoms with Gasteiger partial charge in [0.05, 0.1) is 31.6 Å². The lowest BCUT2D eigenvalue weighted by molar-refractivity contribution is -0.133. The minimum atomic E-state index is -0.305. The Morgan fingerprint density at radius 1 is 1.07 bits per heavy atom. The van der Waals surface area contributed by atoms with E-state index in [9.17, 15) is 9.59 Å². The minimum absolute atomic E-state index is 0.00385. The van der Waals surface area contributed by atoms with Crippen molar-refractivity contribution in [3.8, 4) is 5.75 Å². The molecule has 0 saturated carbocycles. The lowest BCUT2D eigenvalue weighted by Crippen LogP contribution is -2.45. The Balaban J connectivity index is 1.44. The third-order valence-electron chi connectivity index (χ3n) is 5.14. The molecule has 2 saturated heterocycles. The molecule has 28 heavy (non-hydrogen) atoms. The van der Waals surface area contributed by atoms with E-state index in [1.54, 1.807) is 4.90 Å². The van der Waals surface area contributed by atoms with Gasteiger partial charge in [0.15, 0.2) is 0 Å². The van der Waals surface area contributed by atoms with Crippen LogP contribution in [0.4, 0.5) is 0 Å². The topological polar surface area (TPSA) is 67.9 Å². The summed E-state index contributed by atoms with van der Waals surface area (Å²) in [6, 6.07) is 17.4. The van der Waals surface area contributed by atoms with E-state index in [0.717, 1.165) is 11.1 Å². The van der Waals surface area contributed by atoms with Gasteiger partial charge in [-0.2, -0.15) is 0 Å². The second kappa shape index (κ2) is 8.44. The summed E-state index contributed by atoms with van der Waals surface area (Å²) in [4.78, 5) is 26.9. The van der Waals surface area contributed by atoms with Crippen molar-refractivity contribution in [3.05, 3.63) is 65.7 Å². The molecule has 6 heteroatoms. The summed E-state index contributed by atoms with van der Waals surface area (Å²) in [5.74, 6) is 0.391. The van der Waals surface area contributed by atoms with Crippen LogP contribution in [0.1, 0.15) is 11.1 Å². The predicted octanol–water partition coefficient (Wildman–Crippen LogP) is 1.78. The molecule has 0 aliphatic carbocycles. The van der Waals surface area contributed by atoms with Crippen LogP contribution in [-0.2, 0) is 27.4 Å². The van der Waals surface area contributed by atoms with Crippen LogP contribution in [0.25, 0.3) is 0 Å². The Morgan fingerprint density at radius 2 is 1.86 bits per heavy atom. The van der Waals surface area contributed by atoms with Gasteiger partial charge in [0.25, 0.3) is 0 Å². The first-order valence-corrected chi connectivity index (χ1v) is 9.59. The third-order valence-corrected chi connectivity index (χ3v) is 5.14. The average Bonchev–Trinajstić information content (AvgIpc) is 2.96. The van der Waals surface area contributed by atoms with Crippen molar-refractivity contribution in [2.75, 3.05) is 26.3 Å². The highest BCUT2D eigenvalue weighted by molar-refractivity contribution is 5.83. The summed E-state index contributed by atoms with van der Waals surface area (Å²) in [6.45, 7) is 2.14. The molecule has 0 spiro atoms. The van der Waals surface area contributed by atoms with Crippen LogP contribution in [0.5, 0.6) is 5.75 Å². The van der Waals surface area contributed by atoms with Crippen LogP contribution in [0.3, 0.4) is 0 Å². The zero-order chi connectivity index (χ0) is 19.3. The molecule has 2 fully saturated rings. The fourth-order valence-corrected chi connectivity index (χ4v) is 3.63. The summed E-state index contributed by atoms with van der Waals surface area (Å²) >= 11 is 0. The van der Waals surface area contributed by atoms with Crippen LogP contribution in [0.2, 0.25) is 0 Å². The molecule has 146 valence electrons. The monoisotopic (exact) mass is 380 g/mol. The van der Waals surface area contributed by atoms with Crippen molar-refractivity contribution < 1.29 is 19.1 Å². The van der Waals surface area contributed by atoms with Gasteiger partial charge in [-0.3, -0.25) is 9.59 Å². The molecule has 0 radical (unpaired) electrons. The first-order valence-electron chi connectivity index (χ1n) is 9.59. The largest absolute Gasteiger partial charge is 0.489 e. The number of hydrogen-bond donors (Lipinski definition) is 1. The molecule has 2 heterocycles. The number of nitrogens with zero attached hydrogens (tertiary/aromatic N) is 1. The Kier molecular flexibility index (Phi) is 5.58. The maximum atomic E-state index is 13.0. The van der Waals surface area contributed by atoms with Crippen molar-refractivity contribution in [1.82, 2.24) is 10.2 Å². The zero-order valence-electron chi connectivity index (χ0n) is 15.7. The highest BCUT2D eigenvalue weighted by Gasteiger charge is 2.35. The molecular formula is C22H24N2O4. The number of fused-ring (bicyclic) bond motifs is 3. The third kappa shape index (κ3) is 4.34. The number of ether oxygens (including phenoxy) is 2. The summed E-state index contributed by atoms with van der Waals surface area (Å²) < 4.78 is 11.5. The summed E-state index contributed by atoms with van der Waals surface area (Å²) in [7, 11) is 0. The van der Waals surface area contributed by atoms with Gasteiger partial charge >= 0.3 is 0 Å². The number of carbonyl (C=O) groups is 2. The lowest BCUT2D eigenvalue weighted by atomic mass is 10.1. The molecule has 2 aromatic carbocycles. The molecule has 2 bridgehead atoms. The molecule has 2 aliphatic rings. The van der Waals surface area contributed by atoms with Crippen LogP contribution in [0, 0.1) is 5.92 Å². The molecule has 0 unspecified atom stereocenters. The normalized spacial score (nSPS) is 21.6. The number of rotatable bonds is 5. The van der Waals surface area contributed by atoms with Crippen molar-refractivity contribution in [2.45, 2.75) is 19.1 Å². The van der Waals surface area contributed by atoms with Crippen LogP contribution < -0.4 is 10.1 Å². The molecule has 2 aromatic rings. The van der Waals surface area contributed by atoms with Gasteiger partial charge in [0.2, 0.25) is 11.8 Å². The van der Waals surface area contributed by atoms with Crippen molar-refractivity contribution in [2.24, 2.45) is 5.92 Å². The van der Waals surface area contributed by atoms with Crippen molar-refractivity contribution >= 4 is 11.8 Å². The maximum absolute atomic E-state index is 13.0. The number of hydrogen-bond acceptors (Lipinski definition) is 4. The fourth-order valence-electron chi connectivity index (χ4n) is 3.63. The SMILES string of the molecule is O=C1N[C@@H]2COC[C@H]1CN(C(=O)Cc1ccccc1OCc1ccccc1)C2. The molecule has 2 aliphatic heterocycles. The molecule has 6 nitrogen and oxygen atoms in total. The Bertz CT molecular complexity index is 839. The van der Waals surface area contributed by atoms with E-state index in [0.29, 0.717) is 38.7 Å². The van der Waals surface area contributed by atoms with Crippen molar-refractivity contribution in [3.63, 3.8) is 0 Å². The number of benzene rings is 2. The van der Waals surface area contributed by atoms with Crippen LogP contribution >= 0.6 is 0 Å². The molecular weight excluding hydrogens is 356 g/mol. The Hall–Kier alpha value is -2.86. The second-order valence-electron chi connectivity index (χ2n) is 7.30. The van der Waals surface area contributed by atoms with Gasteiger partial charge in [-0.05, 0) is 11.6 Å². The van der Waals surface area contributed by atoms with E-state index < -0.39 is 0 Å². The van der Waals surface area contributed by atoms with Gasteiger partial charge < -0.3 is 19.7 Å². The summed E-state index contributed by atoms with van der Waals surface area (Å²) in [6.07, 6.45) is 0.249. The number of carbonyl (C=O) groups excluding carboxylic acids is 2. The van der Waals surface area contributed by atoms with E-state index in [1.165, 1.54) is 0 Å². The average molecular weight is 380 g/mol. The highest BCUT2D eigenvalue weighted by atomic mass is 16.5. The maximum Gasteiger partial charge on any atom is 0.227 e. The molecule has 4 rings (SSSR count). The number of nitrogens with one attached hydrogen (secondary N) is 1. The highest BCUT2D eigenvalue weighted by Crippen LogP contribution is 2.22. The van der Waals surface area contributed by atoms with Crippen molar-refractivity contribution in [1.29, 1.82) is 0 Å². The van der Waals surface area contributed by atoms with E-state index in [2.05, 4.69) is 5.32 Å². The van der Waals surface area contributed by atoms with Gasteiger partial charge in [-0.15, -0.1) is 0 Å². The van der Waals surface area contributed by atoms with E-state index in [1.807, 2.05) is 54.6 Å². The molecule has 0 aromatic heterocycles. The predicted molar refractivity (Wildman–Crippen MR) is 104 cm³/mol. The minimum Gasteiger partial charge on any atom is -0.489 e. The Morgan fingerprint density at radius 3 is 2.71 bits per heavy atom. The number of amides is 2. The summed E-state index contributed by atoms with van der Waals surface area (Å²) in [5.41, 5.74) is 1.93. The lowest BCUT2D eigenvalue weighted by Gasteiger charge is -2.28. The smallest absolute Gasteiger partial charge is 0.227 e. The standard InChI is InChI=1S/C22H24N2O4/c25-21(24-11-18-14-27-15-19(12-24)23-22(18)26)10-17-8-4-5-9-20(17)28-13-16-6-2-1-3-7-16/h1-9,18-19H,10-15H2,(H,23,26)/t18-,19+/m1/s1. The number of para-hydroxylation sites is 1. The second-order valence-corrected chi connectivity index (χ2v) is 7.30. The van der Waals surface area contributed by atoms with Gasteiger partial charge in [-0.25, -0.2) is 0 Å². The molecule has 2 atom stereocenters. The van der Waals surface area contributed by atoms with Gasteiger partial charge in [-0.1, -0.05) is 48.5 Å². The van der Waals surface area contributed by atoms with E-state index in [4.69, 9.17) is 9.47 Å². The first kappa shape index (κ1) is 18.5. The Labute approximate surface area is 164 Å². The van der Waals surface area contributed by atoms with Crippen LogP contribution in [0.15, 0.2) is 54.6 Å². The molecule has 1 N–H and O–H groups in total. The van der Waals surface area contributed by atoms with E-state index >= 15 is 0 Å². The van der Waals surface area contributed by atoms with Crippen LogP contribution in [-0.4, -0.2) is 49.1 Å². The van der Waals surface area contributed by atoms with E-state index in [-0.39, 0.29) is 30.2 Å². The zero-order valence-corrected chi connectivity index (χ0v) is 15.7. The quantitative estimate of drug-likeness (QED) is 0.859. The first-order chi connectivity index (χ1) is 13.7. The fraction of sp³-hybridized carbons (Fsp3) is 0.364. The molecule has 2 amide bonds.